The monoisotopic (exact) mass is 232 g/mol. The largest absolute Gasteiger partial charge is 0.387 e. The van der Waals surface area contributed by atoms with Crippen LogP contribution in [0.5, 0.6) is 0 Å². The molecule has 0 saturated heterocycles. The van der Waals surface area contributed by atoms with Gasteiger partial charge in [0.05, 0.1) is 11.0 Å². The van der Waals surface area contributed by atoms with E-state index in [9.17, 15) is 10.2 Å². The third kappa shape index (κ3) is 1.92. The van der Waals surface area contributed by atoms with Gasteiger partial charge in [-0.1, -0.05) is 32.1 Å². The van der Waals surface area contributed by atoms with Gasteiger partial charge in [-0.05, 0) is 25.7 Å². The first kappa shape index (κ1) is 11.7. The van der Waals surface area contributed by atoms with Gasteiger partial charge in [0.15, 0.2) is 0 Å². The van der Waals surface area contributed by atoms with E-state index in [1.807, 2.05) is 0 Å². The average Bonchev–Trinajstić information content (AvgIpc) is 2.23. The second-order valence-corrected chi connectivity index (χ2v) is 5.76. The van der Waals surface area contributed by atoms with Crippen molar-refractivity contribution >= 4 is 11.6 Å². The zero-order valence-corrected chi connectivity index (χ0v) is 9.97. The molecule has 0 heterocycles. The highest BCUT2D eigenvalue weighted by Crippen LogP contribution is 2.46. The first-order chi connectivity index (χ1) is 7.08. The van der Waals surface area contributed by atoms with Gasteiger partial charge < -0.3 is 10.2 Å². The number of aliphatic hydroxyl groups is 2. The summed E-state index contributed by atoms with van der Waals surface area (Å²) in [6.07, 6.45) is 8.20. The lowest BCUT2D eigenvalue weighted by atomic mass is 9.66. The summed E-state index contributed by atoms with van der Waals surface area (Å²) in [7, 11) is 0. The van der Waals surface area contributed by atoms with Crippen molar-refractivity contribution in [3.05, 3.63) is 0 Å². The molecule has 0 aromatic carbocycles. The summed E-state index contributed by atoms with van der Waals surface area (Å²) in [5.74, 6) is 0. The third-order valence-electron chi connectivity index (χ3n) is 4.27. The number of rotatable bonds is 1. The predicted molar refractivity (Wildman–Crippen MR) is 61.1 cm³/mol. The number of alkyl halides is 1. The Morgan fingerprint density at radius 1 is 0.867 bits per heavy atom. The lowest BCUT2D eigenvalue weighted by Gasteiger charge is -2.50. The van der Waals surface area contributed by atoms with Crippen molar-refractivity contribution in [3.8, 4) is 0 Å². The Hall–Kier alpha value is 0.210. The van der Waals surface area contributed by atoms with E-state index >= 15 is 0 Å². The number of halogens is 1. The molecule has 3 heteroatoms. The maximum absolute atomic E-state index is 10.6. The topological polar surface area (TPSA) is 40.5 Å². The normalized spacial score (nSPS) is 41.4. The number of hydrogen-bond acceptors (Lipinski definition) is 2. The van der Waals surface area contributed by atoms with Crippen LogP contribution in [0.4, 0.5) is 0 Å². The van der Waals surface area contributed by atoms with Crippen LogP contribution >= 0.6 is 11.6 Å². The zero-order valence-electron chi connectivity index (χ0n) is 9.21. The standard InChI is InChI=1S/C12H21ClO2/c13-10-6-2-5-9-12(10,15)11(14)7-3-1-4-8-11/h10,14-15H,1-9H2. The van der Waals surface area contributed by atoms with Crippen molar-refractivity contribution in [2.75, 3.05) is 0 Å². The first-order valence-electron chi connectivity index (χ1n) is 6.17. The van der Waals surface area contributed by atoms with Crippen LogP contribution in [0.3, 0.4) is 0 Å². The molecule has 0 amide bonds. The molecule has 2 N–H and O–H groups in total. The average molecular weight is 233 g/mol. The molecule has 2 rings (SSSR count). The van der Waals surface area contributed by atoms with Crippen LogP contribution in [0.15, 0.2) is 0 Å². The summed E-state index contributed by atoms with van der Waals surface area (Å²) in [4.78, 5) is 0. The van der Waals surface area contributed by atoms with Crippen LogP contribution in [0.25, 0.3) is 0 Å². The fourth-order valence-electron chi connectivity index (χ4n) is 3.21. The fourth-order valence-corrected chi connectivity index (χ4v) is 3.67. The van der Waals surface area contributed by atoms with Crippen LogP contribution < -0.4 is 0 Å². The van der Waals surface area contributed by atoms with Crippen molar-refractivity contribution in [2.24, 2.45) is 0 Å². The molecule has 2 aliphatic carbocycles. The Balaban J connectivity index is 2.17. The second kappa shape index (κ2) is 4.23. The molecule has 2 atom stereocenters. The van der Waals surface area contributed by atoms with Crippen molar-refractivity contribution in [1.29, 1.82) is 0 Å². The smallest absolute Gasteiger partial charge is 0.110 e. The molecular weight excluding hydrogens is 212 g/mol. The Kier molecular flexibility index (Phi) is 3.30. The summed E-state index contributed by atoms with van der Waals surface area (Å²) in [5, 5.41) is 21.0. The summed E-state index contributed by atoms with van der Waals surface area (Å²) in [5.41, 5.74) is -1.95. The minimum absolute atomic E-state index is 0.269. The van der Waals surface area contributed by atoms with Gasteiger partial charge in [-0.3, -0.25) is 0 Å². The summed E-state index contributed by atoms with van der Waals surface area (Å²) < 4.78 is 0. The van der Waals surface area contributed by atoms with E-state index < -0.39 is 11.2 Å². The summed E-state index contributed by atoms with van der Waals surface area (Å²) >= 11 is 6.24. The minimum atomic E-state index is -1.03. The van der Waals surface area contributed by atoms with Crippen LogP contribution in [0, 0.1) is 0 Å². The van der Waals surface area contributed by atoms with Gasteiger partial charge in [-0.25, -0.2) is 0 Å². The highest BCUT2D eigenvalue weighted by molar-refractivity contribution is 6.21. The van der Waals surface area contributed by atoms with E-state index in [0.29, 0.717) is 19.3 Å². The van der Waals surface area contributed by atoms with Gasteiger partial charge in [0.1, 0.15) is 5.60 Å². The molecule has 2 unspecified atom stereocenters. The molecule has 0 spiro atoms. The Morgan fingerprint density at radius 3 is 2.07 bits per heavy atom. The van der Waals surface area contributed by atoms with Gasteiger partial charge in [0.2, 0.25) is 0 Å². The third-order valence-corrected chi connectivity index (χ3v) is 4.85. The van der Waals surface area contributed by atoms with E-state index in [1.54, 1.807) is 0 Å². The van der Waals surface area contributed by atoms with Gasteiger partial charge in [-0.15, -0.1) is 11.6 Å². The van der Waals surface area contributed by atoms with Crippen LogP contribution in [0.2, 0.25) is 0 Å². The molecule has 0 aromatic heterocycles. The molecule has 0 aliphatic heterocycles. The van der Waals surface area contributed by atoms with Gasteiger partial charge in [0, 0.05) is 0 Å². The van der Waals surface area contributed by atoms with Crippen LogP contribution in [-0.4, -0.2) is 26.8 Å². The highest BCUT2D eigenvalue weighted by Gasteiger charge is 2.54. The zero-order chi connectivity index (χ0) is 10.9. The molecular formula is C12H21ClO2. The molecule has 0 aromatic rings. The van der Waals surface area contributed by atoms with Gasteiger partial charge >= 0.3 is 0 Å². The molecule has 2 aliphatic rings. The Bertz CT molecular complexity index is 226. The second-order valence-electron chi connectivity index (χ2n) is 5.23. The van der Waals surface area contributed by atoms with Crippen molar-refractivity contribution < 1.29 is 10.2 Å². The molecule has 15 heavy (non-hydrogen) atoms. The van der Waals surface area contributed by atoms with E-state index in [0.717, 1.165) is 32.1 Å². The molecule has 2 nitrogen and oxygen atoms in total. The van der Waals surface area contributed by atoms with E-state index in [1.165, 1.54) is 6.42 Å². The molecule has 0 radical (unpaired) electrons. The van der Waals surface area contributed by atoms with Gasteiger partial charge in [0.25, 0.3) is 0 Å². The predicted octanol–water partition coefficient (Wildman–Crippen LogP) is 2.59. The van der Waals surface area contributed by atoms with Crippen molar-refractivity contribution in [2.45, 2.75) is 74.4 Å². The maximum Gasteiger partial charge on any atom is 0.110 e. The first-order valence-corrected chi connectivity index (χ1v) is 6.61. The van der Waals surface area contributed by atoms with E-state index in [4.69, 9.17) is 11.6 Å². The molecule has 0 bridgehead atoms. The Morgan fingerprint density at radius 2 is 1.47 bits per heavy atom. The Labute approximate surface area is 96.6 Å². The van der Waals surface area contributed by atoms with Crippen molar-refractivity contribution in [1.82, 2.24) is 0 Å². The van der Waals surface area contributed by atoms with E-state index in [2.05, 4.69) is 0 Å². The fraction of sp³-hybridized carbons (Fsp3) is 1.00. The van der Waals surface area contributed by atoms with Crippen LogP contribution in [-0.2, 0) is 0 Å². The minimum Gasteiger partial charge on any atom is -0.387 e. The van der Waals surface area contributed by atoms with Gasteiger partial charge in [-0.2, -0.15) is 0 Å². The van der Waals surface area contributed by atoms with E-state index in [-0.39, 0.29) is 5.38 Å². The molecule has 2 saturated carbocycles. The lowest BCUT2D eigenvalue weighted by Crippen LogP contribution is -2.61. The summed E-state index contributed by atoms with van der Waals surface area (Å²) in [6, 6.07) is 0. The van der Waals surface area contributed by atoms with Crippen molar-refractivity contribution in [3.63, 3.8) is 0 Å². The molecule has 2 fully saturated rings. The van der Waals surface area contributed by atoms with Crippen LogP contribution in [0.1, 0.15) is 57.8 Å². The SMILES string of the molecule is OC1(C2(O)CCCCC2Cl)CCCCC1. The lowest BCUT2D eigenvalue weighted by molar-refractivity contribution is -0.180. The maximum atomic E-state index is 10.6. The highest BCUT2D eigenvalue weighted by atomic mass is 35.5. The summed E-state index contributed by atoms with van der Waals surface area (Å²) in [6.45, 7) is 0. The molecule has 88 valence electrons. The quantitative estimate of drug-likeness (QED) is 0.683. The number of hydrogen-bond donors (Lipinski definition) is 2.